The number of hydrogen-bond acceptors (Lipinski definition) is 2. The maximum Gasteiger partial charge on any atom is 0.338 e. The number of benzene rings is 2. The van der Waals surface area contributed by atoms with E-state index in [4.69, 9.17) is 0 Å². The fourth-order valence-corrected chi connectivity index (χ4v) is 2.61. The van der Waals surface area contributed by atoms with Crippen molar-refractivity contribution in [1.29, 1.82) is 0 Å². The van der Waals surface area contributed by atoms with Crippen LogP contribution >= 0.6 is 22.6 Å². The largest absolute Gasteiger partial charge is 0.478 e. The van der Waals surface area contributed by atoms with E-state index in [2.05, 4.69) is 33.2 Å². The molecule has 0 heterocycles. The van der Waals surface area contributed by atoms with E-state index in [1.807, 2.05) is 31.2 Å². The normalized spacial score (nSPS) is 11.6. The molecule has 2 aromatic carbocycles. The predicted molar refractivity (Wildman–Crippen MR) is 97.9 cm³/mol. The Morgan fingerprint density at radius 3 is 2.39 bits per heavy atom. The zero-order valence-electron chi connectivity index (χ0n) is 12.8. The molecule has 23 heavy (non-hydrogen) atoms. The van der Waals surface area contributed by atoms with Gasteiger partial charge in [0.05, 0.1) is 17.3 Å². The van der Waals surface area contributed by atoms with Gasteiger partial charge in [-0.05, 0) is 65.8 Å². The van der Waals surface area contributed by atoms with Crippen LogP contribution in [-0.4, -0.2) is 17.1 Å². The van der Waals surface area contributed by atoms with Crippen LogP contribution in [0.2, 0.25) is 0 Å². The highest BCUT2D eigenvalue weighted by Crippen LogP contribution is 2.20. The maximum absolute atomic E-state index is 12.1. The Morgan fingerprint density at radius 2 is 1.78 bits per heavy atom. The lowest BCUT2D eigenvalue weighted by Crippen LogP contribution is -2.31. The molecule has 0 aliphatic carbocycles. The molecule has 3 N–H and O–H groups in total. The van der Waals surface area contributed by atoms with Crippen molar-refractivity contribution in [3.05, 3.63) is 62.7 Å². The zero-order valence-corrected chi connectivity index (χ0v) is 14.9. The second-order valence-electron chi connectivity index (χ2n) is 5.17. The van der Waals surface area contributed by atoms with E-state index in [1.54, 1.807) is 25.1 Å². The Morgan fingerprint density at radius 1 is 1.13 bits per heavy atom. The van der Waals surface area contributed by atoms with Crippen LogP contribution in [0.15, 0.2) is 42.5 Å². The van der Waals surface area contributed by atoms with Crippen molar-refractivity contribution in [2.75, 3.05) is 5.32 Å². The van der Waals surface area contributed by atoms with Crippen LogP contribution in [0.4, 0.5) is 10.5 Å². The first kappa shape index (κ1) is 17.3. The lowest BCUT2D eigenvalue weighted by Gasteiger charge is -2.16. The number of carbonyl (C=O) groups is 2. The summed E-state index contributed by atoms with van der Waals surface area (Å²) in [7, 11) is 0. The molecule has 0 bridgehead atoms. The first-order chi connectivity index (χ1) is 10.9. The van der Waals surface area contributed by atoms with Gasteiger partial charge < -0.3 is 15.7 Å². The summed E-state index contributed by atoms with van der Waals surface area (Å²) in [6.45, 7) is 3.57. The molecule has 0 spiro atoms. The van der Waals surface area contributed by atoms with Crippen LogP contribution in [0.1, 0.15) is 34.5 Å². The van der Waals surface area contributed by atoms with Gasteiger partial charge in [0.15, 0.2) is 0 Å². The Labute approximate surface area is 148 Å². The van der Waals surface area contributed by atoms with Gasteiger partial charge in [-0.2, -0.15) is 0 Å². The fraction of sp³-hybridized carbons (Fsp3) is 0.176. The number of urea groups is 1. The molecular formula is C17H17IN2O3. The molecule has 0 aliphatic rings. The average Bonchev–Trinajstić information content (AvgIpc) is 2.47. The highest BCUT2D eigenvalue weighted by molar-refractivity contribution is 14.1. The molecule has 0 unspecified atom stereocenters. The summed E-state index contributed by atoms with van der Waals surface area (Å²) in [5.74, 6) is -1.07. The van der Waals surface area contributed by atoms with Gasteiger partial charge in [-0.3, -0.25) is 0 Å². The van der Waals surface area contributed by atoms with Crippen LogP contribution in [0, 0.1) is 10.5 Å². The number of carbonyl (C=O) groups excluding carboxylic acids is 1. The highest BCUT2D eigenvalue weighted by atomic mass is 127. The second-order valence-corrected chi connectivity index (χ2v) is 6.42. The molecule has 6 heteroatoms. The Hall–Kier alpha value is -2.09. The van der Waals surface area contributed by atoms with Gasteiger partial charge in [0.1, 0.15) is 0 Å². The molecule has 120 valence electrons. The molecule has 0 aromatic heterocycles. The van der Waals surface area contributed by atoms with Crippen molar-refractivity contribution < 1.29 is 14.7 Å². The van der Waals surface area contributed by atoms with E-state index >= 15 is 0 Å². The van der Waals surface area contributed by atoms with Crippen LogP contribution in [0.25, 0.3) is 0 Å². The fourth-order valence-electron chi connectivity index (χ4n) is 2.25. The van der Waals surface area contributed by atoms with Gasteiger partial charge in [-0.1, -0.05) is 24.3 Å². The van der Waals surface area contributed by atoms with Crippen molar-refractivity contribution in [2.45, 2.75) is 19.9 Å². The minimum atomic E-state index is -1.07. The number of carboxylic acids is 1. The summed E-state index contributed by atoms with van der Waals surface area (Å²) in [6.07, 6.45) is 0. The van der Waals surface area contributed by atoms with Gasteiger partial charge in [0.25, 0.3) is 0 Å². The zero-order chi connectivity index (χ0) is 17.0. The van der Waals surface area contributed by atoms with E-state index in [0.717, 1.165) is 9.13 Å². The highest BCUT2D eigenvalue weighted by Gasteiger charge is 2.16. The smallest absolute Gasteiger partial charge is 0.338 e. The van der Waals surface area contributed by atoms with Gasteiger partial charge in [-0.25, -0.2) is 9.59 Å². The predicted octanol–water partition coefficient (Wildman–Crippen LogP) is 4.18. The van der Waals surface area contributed by atoms with Gasteiger partial charge in [-0.15, -0.1) is 0 Å². The standard InChI is InChI=1S/C17H17IN2O3/c1-10-4-3-5-14(15(10)16(21)22)20-17(23)19-11(2)12-6-8-13(18)9-7-12/h3-9,11H,1-2H3,(H,21,22)(H2,19,20,23)/t11-/m1/s1. The number of halogens is 1. The van der Waals surface area contributed by atoms with Gasteiger partial charge in [0.2, 0.25) is 0 Å². The number of aryl methyl sites for hydroxylation is 1. The Balaban J connectivity index is 2.09. The molecule has 0 fully saturated rings. The molecule has 2 aromatic rings. The number of rotatable bonds is 4. The quantitative estimate of drug-likeness (QED) is 0.645. The lowest BCUT2D eigenvalue weighted by molar-refractivity contribution is 0.0697. The third-order valence-corrected chi connectivity index (χ3v) is 4.17. The summed E-state index contributed by atoms with van der Waals surface area (Å²) in [6, 6.07) is 12.2. The van der Waals surface area contributed by atoms with Gasteiger partial charge in [0, 0.05) is 3.57 Å². The van der Waals surface area contributed by atoms with Crippen molar-refractivity contribution in [3.8, 4) is 0 Å². The summed E-state index contributed by atoms with van der Waals surface area (Å²) >= 11 is 2.22. The first-order valence-corrected chi connectivity index (χ1v) is 8.12. The minimum Gasteiger partial charge on any atom is -0.478 e. The molecule has 2 rings (SSSR count). The monoisotopic (exact) mass is 424 g/mol. The third-order valence-electron chi connectivity index (χ3n) is 3.45. The molecule has 0 saturated carbocycles. The molecule has 5 nitrogen and oxygen atoms in total. The molecule has 2 amide bonds. The van der Waals surface area contributed by atoms with Crippen molar-refractivity contribution in [1.82, 2.24) is 5.32 Å². The topological polar surface area (TPSA) is 78.4 Å². The molecule has 0 saturated heterocycles. The van der Waals surface area contributed by atoms with E-state index in [1.165, 1.54) is 0 Å². The SMILES string of the molecule is Cc1cccc(NC(=O)N[C@H](C)c2ccc(I)cc2)c1C(=O)O. The first-order valence-electron chi connectivity index (χ1n) is 7.04. The maximum atomic E-state index is 12.1. The Kier molecular flexibility index (Phi) is 5.59. The van der Waals surface area contributed by atoms with E-state index in [9.17, 15) is 14.7 Å². The summed E-state index contributed by atoms with van der Waals surface area (Å²) in [5, 5.41) is 14.7. The Bertz CT molecular complexity index is 729. The van der Waals surface area contributed by atoms with Crippen LogP contribution < -0.4 is 10.6 Å². The van der Waals surface area contributed by atoms with Gasteiger partial charge >= 0.3 is 12.0 Å². The molecule has 1 atom stereocenters. The number of nitrogens with one attached hydrogen (secondary N) is 2. The molecular weight excluding hydrogens is 407 g/mol. The number of carboxylic acid groups (broad SMARTS) is 1. The van der Waals surface area contributed by atoms with Crippen LogP contribution in [-0.2, 0) is 0 Å². The summed E-state index contributed by atoms with van der Waals surface area (Å²) in [5.41, 5.74) is 1.96. The van der Waals surface area contributed by atoms with Crippen LogP contribution in [0.5, 0.6) is 0 Å². The van der Waals surface area contributed by atoms with E-state index < -0.39 is 12.0 Å². The molecule has 0 aliphatic heterocycles. The summed E-state index contributed by atoms with van der Waals surface area (Å²) in [4.78, 5) is 23.5. The second kappa shape index (κ2) is 7.45. The number of amides is 2. The van der Waals surface area contributed by atoms with Crippen LogP contribution in [0.3, 0.4) is 0 Å². The molecule has 0 radical (unpaired) electrons. The number of aromatic carboxylic acids is 1. The third kappa shape index (κ3) is 4.44. The van der Waals surface area contributed by atoms with Crippen molar-refractivity contribution in [2.24, 2.45) is 0 Å². The minimum absolute atomic E-state index is 0.101. The van der Waals surface area contributed by atoms with Crippen molar-refractivity contribution in [3.63, 3.8) is 0 Å². The summed E-state index contributed by atoms with van der Waals surface area (Å²) < 4.78 is 1.12. The van der Waals surface area contributed by atoms with E-state index in [0.29, 0.717) is 5.56 Å². The lowest BCUT2D eigenvalue weighted by atomic mass is 10.1. The average molecular weight is 424 g/mol. The number of anilines is 1. The number of hydrogen-bond donors (Lipinski definition) is 3. The van der Waals surface area contributed by atoms with E-state index in [-0.39, 0.29) is 17.3 Å². The van der Waals surface area contributed by atoms with Crippen molar-refractivity contribution >= 4 is 40.3 Å².